The molecule has 0 amide bonds. The lowest BCUT2D eigenvalue weighted by molar-refractivity contribution is 0.211. The molecule has 19 heavy (non-hydrogen) atoms. The Hall–Kier alpha value is -1.52. The van der Waals surface area contributed by atoms with Crippen LogP contribution in [0, 0.1) is 0 Å². The molecular formula is C14H18ClN3O. The van der Waals surface area contributed by atoms with E-state index < -0.39 is 6.10 Å². The fourth-order valence-corrected chi connectivity index (χ4v) is 1.97. The number of rotatable bonds is 6. The van der Waals surface area contributed by atoms with E-state index in [2.05, 4.69) is 21.8 Å². The molecule has 0 aliphatic carbocycles. The van der Waals surface area contributed by atoms with Crippen molar-refractivity contribution in [1.29, 1.82) is 0 Å². The van der Waals surface area contributed by atoms with Crippen molar-refractivity contribution in [1.82, 2.24) is 9.55 Å². The van der Waals surface area contributed by atoms with E-state index in [0.29, 0.717) is 6.54 Å². The predicted octanol–water partition coefficient (Wildman–Crippen LogP) is 2.45. The number of aliphatic hydroxyl groups is 1. The number of benzene rings is 1. The van der Waals surface area contributed by atoms with Gasteiger partial charge in [0.15, 0.2) is 0 Å². The van der Waals surface area contributed by atoms with Gasteiger partial charge in [-0.05, 0) is 24.3 Å². The molecular weight excluding hydrogens is 262 g/mol. The van der Waals surface area contributed by atoms with Crippen molar-refractivity contribution >= 4 is 17.3 Å². The fraction of sp³-hybridized carbons (Fsp3) is 0.357. The zero-order valence-corrected chi connectivity index (χ0v) is 11.6. The van der Waals surface area contributed by atoms with Gasteiger partial charge in [0.1, 0.15) is 5.82 Å². The highest BCUT2D eigenvalue weighted by molar-refractivity contribution is 6.18. The molecule has 2 rings (SSSR count). The Morgan fingerprint density at radius 3 is 2.74 bits per heavy atom. The van der Waals surface area contributed by atoms with Crippen molar-refractivity contribution in [3.05, 3.63) is 42.5 Å². The van der Waals surface area contributed by atoms with Crippen molar-refractivity contribution in [2.45, 2.75) is 19.4 Å². The molecule has 0 saturated carbocycles. The van der Waals surface area contributed by atoms with Crippen LogP contribution in [0.4, 0.5) is 5.69 Å². The quantitative estimate of drug-likeness (QED) is 0.799. The third-order valence-corrected chi connectivity index (χ3v) is 3.26. The number of aromatic nitrogens is 2. The lowest BCUT2D eigenvalue weighted by Crippen LogP contribution is -2.20. The molecule has 0 saturated heterocycles. The van der Waals surface area contributed by atoms with Gasteiger partial charge in [-0.2, -0.15) is 0 Å². The molecule has 0 bridgehead atoms. The van der Waals surface area contributed by atoms with E-state index in [-0.39, 0.29) is 5.88 Å². The number of nitrogens with one attached hydrogen (secondary N) is 1. The lowest BCUT2D eigenvalue weighted by Gasteiger charge is -2.11. The Balaban J connectivity index is 2.06. The van der Waals surface area contributed by atoms with E-state index >= 15 is 0 Å². The van der Waals surface area contributed by atoms with Gasteiger partial charge in [-0.1, -0.05) is 6.92 Å². The van der Waals surface area contributed by atoms with Crippen molar-refractivity contribution < 1.29 is 5.11 Å². The number of anilines is 1. The highest BCUT2D eigenvalue weighted by atomic mass is 35.5. The van der Waals surface area contributed by atoms with Gasteiger partial charge in [0, 0.05) is 36.7 Å². The number of aliphatic hydroxyl groups excluding tert-OH is 1. The van der Waals surface area contributed by atoms with Gasteiger partial charge in [0.05, 0.1) is 12.0 Å². The SMILES string of the molecule is CCc1nccn1-c1ccc(NCC(O)CCl)cc1. The Morgan fingerprint density at radius 2 is 2.11 bits per heavy atom. The number of nitrogens with zero attached hydrogens (tertiary/aromatic N) is 2. The molecule has 0 aliphatic rings. The van der Waals surface area contributed by atoms with Gasteiger partial charge in [-0.3, -0.25) is 0 Å². The van der Waals surface area contributed by atoms with Crippen LogP contribution >= 0.6 is 11.6 Å². The normalized spacial score (nSPS) is 12.4. The first-order valence-corrected chi connectivity index (χ1v) is 6.88. The van der Waals surface area contributed by atoms with Crippen LogP contribution in [0.3, 0.4) is 0 Å². The van der Waals surface area contributed by atoms with Gasteiger partial charge in [-0.15, -0.1) is 11.6 Å². The summed E-state index contributed by atoms with van der Waals surface area (Å²) in [6, 6.07) is 8.01. The Bertz CT molecular complexity index is 510. The average Bonchev–Trinajstić information content (AvgIpc) is 2.93. The highest BCUT2D eigenvalue weighted by Gasteiger charge is 2.04. The average molecular weight is 280 g/mol. The summed E-state index contributed by atoms with van der Waals surface area (Å²) in [5.41, 5.74) is 2.05. The highest BCUT2D eigenvalue weighted by Crippen LogP contribution is 2.15. The molecule has 1 unspecified atom stereocenters. The van der Waals surface area contributed by atoms with Crippen LogP contribution in [0.5, 0.6) is 0 Å². The van der Waals surface area contributed by atoms with Crippen LogP contribution in [0.15, 0.2) is 36.7 Å². The topological polar surface area (TPSA) is 50.1 Å². The van der Waals surface area contributed by atoms with Crippen LogP contribution in [0.1, 0.15) is 12.7 Å². The molecule has 5 heteroatoms. The van der Waals surface area contributed by atoms with E-state index in [4.69, 9.17) is 11.6 Å². The summed E-state index contributed by atoms with van der Waals surface area (Å²) < 4.78 is 2.07. The van der Waals surface area contributed by atoms with Crippen LogP contribution in [0.25, 0.3) is 5.69 Å². The minimum absolute atomic E-state index is 0.236. The number of halogens is 1. The summed E-state index contributed by atoms with van der Waals surface area (Å²) in [7, 11) is 0. The third-order valence-electron chi connectivity index (χ3n) is 2.90. The van der Waals surface area contributed by atoms with Crippen LogP contribution in [0.2, 0.25) is 0 Å². The van der Waals surface area contributed by atoms with E-state index in [0.717, 1.165) is 23.6 Å². The minimum Gasteiger partial charge on any atom is -0.390 e. The van der Waals surface area contributed by atoms with Crippen molar-refractivity contribution in [3.63, 3.8) is 0 Å². The molecule has 102 valence electrons. The molecule has 1 atom stereocenters. The standard InChI is InChI=1S/C14H18ClN3O/c1-2-14-16-7-8-18(14)12-5-3-11(4-6-12)17-10-13(19)9-15/h3-8,13,17,19H,2,9-10H2,1H3. The fourth-order valence-electron chi connectivity index (χ4n) is 1.86. The van der Waals surface area contributed by atoms with Crippen molar-refractivity contribution in [2.75, 3.05) is 17.7 Å². The number of imidazole rings is 1. The molecule has 0 fully saturated rings. The van der Waals surface area contributed by atoms with E-state index in [1.54, 1.807) is 0 Å². The first-order chi connectivity index (χ1) is 9.24. The molecule has 1 heterocycles. The summed E-state index contributed by atoms with van der Waals surface area (Å²) in [6.45, 7) is 2.54. The van der Waals surface area contributed by atoms with E-state index in [1.165, 1.54) is 0 Å². The van der Waals surface area contributed by atoms with E-state index in [1.807, 2.05) is 36.7 Å². The van der Waals surface area contributed by atoms with Gasteiger partial charge >= 0.3 is 0 Å². The summed E-state index contributed by atoms with van der Waals surface area (Å²) in [6.07, 6.45) is 4.14. The maximum absolute atomic E-state index is 9.39. The molecule has 0 aliphatic heterocycles. The second-order valence-electron chi connectivity index (χ2n) is 4.30. The van der Waals surface area contributed by atoms with Gasteiger partial charge in [-0.25, -0.2) is 4.98 Å². The maximum Gasteiger partial charge on any atom is 0.112 e. The molecule has 2 N–H and O–H groups in total. The molecule has 4 nitrogen and oxygen atoms in total. The summed E-state index contributed by atoms with van der Waals surface area (Å²) in [5, 5.41) is 12.5. The molecule has 2 aromatic rings. The van der Waals surface area contributed by atoms with E-state index in [9.17, 15) is 5.11 Å². The van der Waals surface area contributed by atoms with Gasteiger partial charge in [0.2, 0.25) is 0 Å². The Morgan fingerprint density at radius 1 is 1.37 bits per heavy atom. The third kappa shape index (κ3) is 3.49. The first kappa shape index (κ1) is 13.9. The van der Waals surface area contributed by atoms with Crippen molar-refractivity contribution in [3.8, 4) is 5.69 Å². The summed E-state index contributed by atoms with van der Waals surface area (Å²) in [5.74, 6) is 1.28. The smallest absolute Gasteiger partial charge is 0.112 e. The summed E-state index contributed by atoms with van der Waals surface area (Å²) in [4.78, 5) is 4.30. The lowest BCUT2D eigenvalue weighted by atomic mass is 10.2. The molecule has 0 radical (unpaired) electrons. The van der Waals surface area contributed by atoms with Gasteiger partial charge in [0.25, 0.3) is 0 Å². The number of aryl methyl sites for hydroxylation is 1. The predicted molar refractivity (Wildman–Crippen MR) is 78.2 cm³/mol. The monoisotopic (exact) mass is 279 g/mol. The number of alkyl halides is 1. The number of hydrogen-bond donors (Lipinski definition) is 2. The minimum atomic E-state index is -0.526. The Labute approximate surface area is 118 Å². The first-order valence-electron chi connectivity index (χ1n) is 6.35. The zero-order chi connectivity index (χ0) is 13.7. The van der Waals surface area contributed by atoms with Crippen LogP contribution in [-0.4, -0.2) is 33.2 Å². The second-order valence-corrected chi connectivity index (χ2v) is 4.61. The zero-order valence-electron chi connectivity index (χ0n) is 10.9. The second kappa shape index (κ2) is 6.59. The van der Waals surface area contributed by atoms with Crippen LogP contribution < -0.4 is 5.32 Å². The largest absolute Gasteiger partial charge is 0.390 e. The van der Waals surface area contributed by atoms with Crippen LogP contribution in [-0.2, 0) is 6.42 Å². The number of hydrogen-bond acceptors (Lipinski definition) is 3. The van der Waals surface area contributed by atoms with Gasteiger partial charge < -0.3 is 15.0 Å². The van der Waals surface area contributed by atoms with Crippen molar-refractivity contribution in [2.24, 2.45) is 0 Å². The molecule has 1 aromatic heterocycles. The maximum atomic E-state index is 9.39. The molecule has 0 spiro atoms. The Kier molecular flexibility index (Phi) is 4.82. The summed E-state index contributed by atoms with van der Waals surface area (Å²) >= 11 is 5.54. The molecule has 1 aromatic carbocycles.